The highest BCUT2D eigenvalue weighted by Gasteiger charge is 2.33. The quantitative estimate of drug-likeness (QED) is 0.369. The Kier molecular flexibility index (Phi) is 9.46. The largest absolute Gasteiger partial charge is 0.350 e. The Bertz CT molecular complexity index is 1430. The molecule has 0 bridgehead atoms. The van der Waals surface area contributed by atoms with Crippen molar-refractivity contribution in [3.05, 3.63) is 94.5 Å². The van der Waals surface area contributed by atoms with Crippen LogP contribution in [0.5, 0.6) is 0 Å². The molecule has 0 saturated heterocycles. The van der Waals surface area contributed by atoms with Crippen LogP contribution in [0.25, 0.3) is 0 Å². The third-order valence-electron chi connectivity index (χ3n) is 6.17. The second-order valence-corrected chi connectivity index (χ2v) is 13.0. The summed E-state index contributed by atoms with van der Waals surface area (Å²) in [5.74, 6) is -0.833. The number of carbonyl (C=O) groups is 2. The van der Waals surface area contributed by atoms with Crippen LogP contribution in [0.15, 0.2) is 77.7 Å². The van der Waals surface area contributed by atoms with E-state index in [1.165, 1.54) is 29.2 Å². The number of nitrogens with zero attached hydrogens (tertiary/aromatic N) is 2. The van der Waals surface area contributed by atoms with Gasteiger partial charge in [-0.3, -0.25) is 13.9 Å². The van der Waals surface area contributed by atoms with E-state index in [2.05, 4.69) is 5.32 Å². The van der Waals surface area contributed by atoms with Crippen molar-refractivity contribution in [1.29, 1.82) is 0 Å². The van der Waals surface area contributed by atoms with E-state index in [9.17, 15) is 18.0 Å². The number of halogens is 1. The van der Waals surface area contributed by atoms with Crippen LogP contribution in [-0.2, 0) is 26.2 Å². The Hall–Kier alpha value is -3.36. The summed E-state index contributed by atoms with van der Waals surface area (Å²) in [5, 5.41) is 3.33. The maximum Gasteiger partial charge on any atom is 0.264 e. The summed E-state index contributed by atoms with van der Waals surface area (Å²) in [6.45, 7) is 10.6. The number of sulfonamides is 1. The Morgan fingerprint density at radius 2 is 1.59 bits per heavy atom. The number of benzene rings is 3. The average molecular weight is 570 g/mol. The van der Waals surface area contributed by atoms with Crippen molar-refractivity contribution >= 4 is 39.1 Å². The van der Waals surface area contributed by atoms with E-state index in [0.29, 0.717) is 16.3 Å². The van der Waals surface area contributed by atoms with Crippen molar-refractivity contribution in [2.24, 2.45) is 0 Å². The molecule has 3 rings (SSSR count). The van der Waals surface area contributed by atoms with Gasteiger partial charge >= 0.3 is 0 Å². The van der Waals surface area contributed by atoms with Gasteiger partial charge < -0.3 is 10.2 Å². The first-order valence-corrected chi connectivity index (χ1v) is 14.5. The van der Waals surface area contributed by atoms with Crippen molar-refractivity contribution in [2.45, 2.75) is 64.6 Å². The summed E-state index contributed by atoms with van der Waals surface area (Å²) in [5.41, 5.74) is 2.41. The number of amides is 2. The monoisotopic (exact) mass is 569 g/mol. The highest BCUT2D eigenvalue weighted by atomic mass is 35.5. The van der Waals surface area contributed by atoms with E-state index in [1.807, 2.05) is 52.0 Å². The van der Waals surface area contributed by atoms with Crippen molar-refractivity contribution in [3.63, 3.8) is 0 Å². The molecule has 0 heterocycles. The molecule has 1 atom stereocenters. The Morgan fingerprint density at radius 3 is 2.18 bits per heavy atom. The summed E-state index contributed by atoms with van der Waals surface area (Å²) < 4.78 is 28.9. The van der Waals surface area contributed by atoms with Crippen LogP contribution >= 0.6 is 11.6 Å². The van der Waals surface area contributed by atoms with Crippen LogP contribution in [0.3, 0.4) is 0 Å². The lowest BCUT2D eigenvalue weighted by Crippen LogP contribution is -2.54. The van der Waals surface area contributed by atoms with Gasteiger partial charge in [0.15, 0.2) is 0 Å². The van der Waals surface area contributed by atoms with E-state index in [4.69, 9.17) is 11.6 Å². The van der Waals surface area contributed by atoms with Gasteiger partial charge in [0.1, 0.15) is 12.6 Å². The van der Waals surface area contributed by atoms with Gasteiger partial charge in [-0.15, -0.1) is 0 Å². The molecule has 7 nitrogen and oxygen atoms in total. The standard InChI is InChI=1S/C30H36ClN3O4S/c1-21-10-9-12-24(18-21)19-33(23(3)29(36)32-30(4,5)6)28(35)20-34(27-13-8-7-11-22(27)2)39(37,38)26-16-14-25(31)15-17-26/h7-18,23H,19-20H2,1-6H3,(H,32,36). The van der Waals surface area contributed by atoms with E-state index < -0.39 is 34.1 Å². The molecule has 3 aromatic carbocycles. The fourth-order valence-electron chi connectivity index (χ4n) is 4.15. The predicted molar refractivity (Wildman–Crippen MR) is 156 cm³/mol. The minimum atomic E-state index is -4.15. The van der Waals surface area contributed by atoms with Gasteiger partial charge in [0.05, 0.1) is 10.6 Å². The number of nitrogens with one attached hydrogen (secondary N) is 1. The third-order valence-corrected chi connectivity index (χ3v) is 8.19. The summed E-state index contributed by atoms with van der Waals surface area (Å²) >= 11 is 6.00. The minimum absolute atomic E-state index is 0.00621. The van der Waals surface area contributed by atoms with E-state index in [0.717, 1.165) is 15.4 Å². The molecule has 0 aliphatic rings. The van der Waals surface area contributed by atoms with Gasteiger partial charge in [-0.05, 0) is 83.0 Å². The molecule has 39 heavy (non-hydrogen) atoms. The van der Waals surface area contributed by atoms with Crippen LogP contribution < -0.4 is 9.62 Å². The summed E-state index contributed by atoms with van der Waals surface area (Å²) in [6.07, 6.45) is 0. The lowest BCUT2D eigenvalue weighted by molar-refractivity contribution is -0.140. The van der Waals surface area contributed by atoms with Gasteiger partial charge in [-0.25, -0.2) is 8.42 Å². The van der Waals surface area contributed by atoms with Crippen LogP contribution in [0.2, 0.25) is 5.02 Å². The molecule has 3 aromatic rings. The van der Waals surface area contributed by atoms with Crippen molar-refractivity contribution in [3.8, 4) is 0 Å². The van der Waals surface area contributed by atoms with Crippen LogP contribution in [0, 0.1) is 13.8 Å². The fraction of sp³-hybridized carbons (Fsp3) is 0.333. The molecule has 0 aromatic heterocycles. The first kappa shape index (κ1) is 30.2. The predicted octanol–water partition coefficient (Wildman–Crippen LogP) is 5.48. The van der Waals surface area contributed by atoms with E-state index in [1.54, 1.807) is 38.1 Å². The zero-order valence-corrected chi connectivity index (χ0v) is 24.8. The zero-order chi connectivity index (χ0) is 29.0. The lowest BCUT2D eigenvalue weighted by atomic mass is 10.1. The number of aryl methyl sites for hydroxylation is 2. The van der Waals surface area contributed by atoms with Gasteiger partial charge in [0.2, 0.25) is 11.8 Å². The maximum absolute atomic E-state index is 14.0. The second kappa shape index (κ2) is 12.2. The minimum Gasteiger partial charge on any atom is -0.350 e. The van der Waals surface area contributed by atoms with Crippen molar-refractivity contribution < 1.29 is 18.0 Å². The summed E-state index contributed by atoms with van der Waals surface area (Å²) in [4.78, 5) is 28.6. The number of para-hydroxylation sites is 1. The number of carbonyl (C=O) groups excluding carboxylic acids is 2. The molecule has 0 aliphatic carbocycles. The van der Waals surface area contributed by atoms with E-state index in [-0.39, 0.29) is 17.3 Å². The molecule has 0 spiro atoms. The molecule has 0 fully saturated rings. The van der Waals surface area contributed by atoms with Gasteiger partial charge in [-0.2, -0.15) is 0 Å². The number of hydrogen-bond acceptors (Lipinski definition) is 4. The molecule has 9 heteroatoms. The van der Waals surface area contributed by atoms with Crippen LogP contribution in [0.4, 0.5) is 5.69 Å². The van der Waals surface area contributed by atoms with Crippen molar-refractivity contribution in [2.75, 3.05) is 10.8 Å². The third kappa shape index (κ3) is 7.83. The number of anilines is 1. The molecule has 1 N–H and O–H groups in total. The molecule has 0 radical (unpaired) electrons. The molecule has 1 unspecified atom stereocenters. The average Bonchev–Trinajstić information content (AvgIpc) is 2.85. The summed E-state index contributed by atoms with van der Waals surface area (Å²) in [7, 11) is -4.15. The molecule has 2 amide bonds. The highest BCUT2D eigenvalue weighted by molar-refractivity contribution is 7.92. The molecule has 0 saturated carbocycles. The van der Waals surface area contributed by atoms with E-state index >= 15 is 0 Å². The first-order chi connectivity index (χ1) is 18.2. The second-order valence-electron chi connectivity index (χ2n) is 10.7. The normalized spacial score (nSPS) is 12.5. The van der Waals surface area contributed by atoms with Crippen molar-refractivity contribution in [1.82, 2.24) is 10.2 Å². The smallest absolute Gasteiger partial charge is 0.264 e. The van der Waals surface area contributed by atoms with Crippen LogP contribution in [-0.4, -0.2) is 43.3 Å². The lowest BCUT2D eigenvalue weighted by Gasteiger charge is -2.34. The SMILES string of the molecule is Cc1cccc(CN(C(=O)CN(c2ccccc2C)S(=O)(=O)c2ccc(Cl)cc2)C(C)C(=O)NC(C)(C)C)c1. The van der Waals surface area contributed by atoms with Crippen LogP contribution in [0.1, 0.15) is 44.4 Å². The number of rotatable bonds is 9. The van der Waals surface area contributed by atoms with Gasteiger partial charge in [-0.1, -0.05) is 59.6 Å². The van der Waals surface area contributed by atoms with Gasteiger partial charge in [0.25, 0.3) is 10.0 Å². The zero-order valence-electron chi connectivity index (χ0n) is 23.2. The molecular weight excluding hydrogens is 534 g/mol. The Balaban J connectivity index is 2.05. The Morgan fingerprint density at radius 1 is 0.949 bits per heavy atom. The van der Waals surface area contributed by atoms with Gasteiger partial charge in [0, 0.05) is 17.1 Å². The molecule has 208 valence electrons. The highest BCUT2D eigenvalue weighted by Crippen LogP contribution is 2.28. The molecule has 0 aliphatic heterocycles. The number of hydrogen-bond donors (Lipinski definition) is 1. The maximum atomic E-state index is 14.0. The first-order valence-electron chi connectivity index (χ1n) is 12.7. The topological polar surface area (TPSA) is 86.8 Å². The fourth-order valence-corrected chi connectivity index (χ4v) is 5.76. The Labute approximate surface area is 236 Å². The molecular formula is C30H36ClN3O4S. The summed E-state index contributed by atoms with van der Waals surface area (Å²) in [6, 6.07) is 19.6.